The van der Waals surface area contributed by atoms with Crippen LogP contribution >= 0.6 is 0 Å². The minimum absolute atomic E-state index is 0.225. The van der Waals surface area contributed by atoms with Gasteiger partial charge in [0.25, 0.3) is 5.82 Å². The first-order valence-electron chi connectivity index (χ1n) is 10.3. The number of hydrogen-bond donors (Lipinski definition) is 2. The Morgan fingerprint density at radius 1 is 1.39 bits per heavy atom. The van der Waals surface area contributed by atoms with Crippen molar-refractivity contribution in [2.24, 2.45) is 7.05 Å². The number of nitrogens with zero attached hydrogens (tertiary/aromatic N) is 6. The van der Waals surface area contributed by atoms with Gasteiger partial charge in [-0.05, 0) is 18.2 Å². The second-order valence-electron chi connectivity index (χ2n) is 7.62. The standard InChI is InChI=1S/C23H21FN8O/c1-13(25-2)18-9-19(31(4)30-18)16-11-28-23(32-12-21(26-3)29-22(16)32)27-10-15-14-7-8-33-20(14)6-5-17(15)24/h5-6,9,11-12,25H,1,7-8,10H2,2,4H3,(H,27,28). The topological polar surface area (TPSA) is 85.7 Å². The smallest absolute Gasteiger partial charge is 0.288 e. The zero-order valence-corrected chi connectivity index (χ0v) is 18.2. The van der Waals surface area contributed by atoms with E-state index in [2.05, 4.69) is 37.1 Å². The van der Waals surface area contributed by atoms with Gasteiger partial charge < -0.3 is 20.2 Å². The predicted molar refractivity (Wildman–Crippen MR) is 122 cm³/mol. The second-order valence-corrected chi connectivity index (χ2v) is 7.62. The maximum atomic E-state index is 14.6. The normalized spacial score (nSPS) is 12.3. The van der Waals surface area contributed by atoms with Crippen molar-refractivity contribution in [1.29, 1.82) is 0 Å². The fourth-order valence-corrected chi connectivity index (χ4v) is 4.00. The van der Waals surface area contributed by atoms with Gasteiger partial charge in [0.05, 0.1) is 23.6 Å². The van der Waals surface area contributed by atoms with Crippen LogP contribution in [0.1, 0.15) is 16.8 Å². The van der Waals surface area contributed by atoms with Gasteiger partial charge in [-0.2, -0.15) is 5.10 Å². The molecule has 0 saturated carbocycles. The molecule has 0 saturated heterocycles. The summed E-state index contributed by atoms with van der Waals surface area (Å²) in [5.41, 5.74) is 4.84. The van der Waals surface area contributed by atoms with Gasteiger partial charge in [-0.3, -0.25) is 9.08 Å². The van der Waals surface area contributed by atoms with E-state index in [1.54, 1.807) is 34.6 Å². The van der Waals surface area contributed by atoms with Crippen molar-refractivity contribution in [2.75, 3.05) is 19.0 Å². The van der Waals surface area contributed by atoms with Crippen LogP contribution in [0.15, 0.2) is 37.2 Å². The molecule has 1 aromatic carbocycles. The number of ether oxygens (including phenoxy) is 1. The van der Waals surface area contributed by atoms with E-state index in [0.29, 0.717) is 47.1 Å². The highest BCUT2D eigenvalue weighted by molar-refractivity contribution is 5.79. The quantitative estimate of drug-likeness (QED) is 0.443. The molecule has 0 spiro atoms. The Kier molecular flexibility index (Phi) is 4.94. The predicted octanol–water partition coefficient (Wildman–Crippen LogP) is 3.56. The molecule has 0 fully saturated rings. The molecule has 4 heterocycles. The van der Waals surface area contributed by atoms with Crippen LogP contribution in [-0.2, 0) is 20.0 Å². The Labute approximate surface area is 189 Å². The lowest BCUT2D eigenvalue weighted by atomic mass is 10.0. The molecule has 2 N–H and O–H groups in total. The Hall–Kier alpha value is -4.39. The van der Waals surface area contributed by atoms with Gasteiger partial charge in [0, 0.05) is 50.6 Å². The first kappa shape index (κ1) is 20.5. The molecule has 0 radical (unpaired) electrons. The Balaban J connectivity index is 1.55. The minimum atomic E-state index is -0.292. The molecule has 10 heteroatoms. The highest BCUT2D eigenvalue weighted by atomic mass is 19.1. The summed E-state index contributed by atoms with van der Waals surface area (Å²) in [6.07, 6.45) is 3.95. The lowest BCUT2D eigenvalue weighted by Crippen LogP contribution is -2.10. The van der Waals surface area contributed by atoms with Gasteiger partial charge in [0.1, 0.15) is 17.3 Å². The maximum absolute atomic E-state index is 14.6. The fraction of sp³-hybridized carbons (Fsp3) is 0.217. The Morgan fingerprint density at radius 2 is 2.24 bits per heavy atom. The summed E-state index contributed by atoms with van der Waals surface area (Å²) < 4.78 is 23.5. The highest BCUT2D eigenvalue weighted by Crippen LogP contribution is 2.32. The maximum Gasteiger partial charge on any atom is 0.288 e. The van der Waals surface area contributed by atoms with Crippen molar-refractivity contribution < 1.29 is 9.13 Å². The van der Waals surface area contributed by atoms with Gasteiger partial charge in [-0.25, -0.2) is 9.37 Å². The molecule has 5 rings (SSSR count). The van der Waals surface area contributed by atoms with E-state index in [1.807, 2.05) is 13.1 Å². The van der Waals surface area contributed by atoms with E-state index in [-0.39, 0.29) is 18.2 Å². The van der Waals surface area contributed by atoms with Gasteiger partial charge in [0.2, 0.25) is 11.6 Å². The first-order valence-corrected chi connectivity index (χ1v) is 10.3. The zero-order chi connectivity index (χ0) is 23.1. The van der Waals surface area contributed by atoms with E-state index in [4.69, 9.17) is 11.3 Å². The van der Waals surface area contributed by atoms with Crippen LogP contribution in [0, 0.1) is 12.4 Å². The van der Waals surface area contributed by atoms with Gasteiger partial charge in [-0.15, -0.1) is 0 Å². The summed E-state index contributed by atoms with van der Waals surface area (Å²) in [5, 5.41) is 10.7. The molecule has 0 atom stereocenters. The SMILES string of the molecule is [C-]#[N+]c1cn2c(NCc3c(F)ccc4c3CCO4)ncc(-c3cc(C(=C)NC)nn3C)c2n1. The molecule has 4 aromatic rings. The van der Waals surface area contributed by atoms with Crippen LogP contribution in [0.4, 0.5) is 16.2 Å². The number of nitrogens with one attached hydrogen (secondary N) is 2. The van der Waals surface area contributed by atoms with Crippen molar-refractivity contribution in [1.82, 2.24) is 29.5 Å². The third-order valence-electron chi connectivity index (χ3n) is 5.72. The number of aromatic nitrogens is 5. The summed E-state index contributed by atoms with van der Waals surface area (Å²) in [4.78, 5) is 12.5. The van der Waals surface area contributed by atoms with Crippen LogP contribution in [0.5, 0.6) is 5.75 Å². The average molecular weight is 444 g/mol. The molecule has 33 heavy (non-hydrogen) atoms. The minimum Gasteiger partial charge on any atom is -0.493 e. The van der Waals surface area contributed by atoms with Crippen molar-refractivity contribution in [3.63, 3.8) is 0 Å². The molecule has 1 aliphatic rings. The van der Waals surface area contributed by atoms with E-state index in [9.17, 15) is 4.39 Å². The summed E-state index contributed by atoms with van der Waals surface area (Å²) in [6, 6.07) is 4.97. The number of anilines is 1. The number of halogens is 1. The molecule has 0 aliphatic carbocycles. The third kappa shape index (κ3) is 3.43. The highest BCUT2D eigenvalue weighted by Gasteiger charge is 2.22. The van der Waals surface area contributed by atoms with Gasteiger partial charge >= 0.3 is 0 Å². The lowest BCUT2D eigenvalue weighted by molar-refractivity contribution is 0.356. The Bertz CT molecular complexity index is 1450. The second kappa shape index (κ2) is 7.94. The molecular formula is C23H21FN8O. The van der Waals surface area contributed by atoms with Crippen LogP contribution in [0.25, 0.3) is 27.4 Å². The van der Waals surface area contributed by atoms with E-state index >= 15 is 0 Å². The lowest BCUT2D eigenvalue weighted by Gasteiger charge is -2.12. The van der Waals surface area contributed by atoms with Gasteiger partial charge in [0.15, 0.2) is 0 Å². The fourth-order valence-electron chi connectivity index (χ4n) is 4.00. The molecule has 0 bridgehead atoms. The summed E-state index contributed by atoms with van der Waals surface area (Å²) >= 11 is 0. The molecule has 0 amide bonds. The zero-order valence-electron chi connectivity index (χ0n) is 18.2. The van der Waals surface area contributed by atoms with Crippen LogP contribution < -0.4 is 15.4 Å². The molecule has 166 valence electrons. The third-order valence-corrected chi connectivity index (χ3v) is 5.72. The number of rotatable bonds is 6. The number of hydrogen-bond acceptors (Lipinski definition) is 6. The van der Waals surface area contributed by atoms with Crippen LogP contribution in [0.2, 0.25) is 0 Å². The van der Waals surface area contributed by atoms with Crippen LogP contribution in [-0.4, -0.2) is 37.8 Å². The summed E-state index contributed by atoms with van der Waals surface area (Å²) in [7, 11) is 3.61. The number of aryl methyl sites for hydroxylation is 1. The summed E-state index contributed by atoms with van der Waals surface area (Å²) in [5.74, 6) is 1.11. The van der Waals surface area contributed by atoms with Crippen molar-refractivity contribution in [2.45, 2.75) is 13.0 Å². The number of fused-ring (bicyclic) bond motifs is 2. The molecule has 0 unspecified atom stereocenters. The van der Waals surface area contributed by atoms with E-state index in [1.165, 1.54) is 6.07 Å². The van der Waals surface area contributed by atoms with Gasteiger partial charge in [-0.1, -0.05) is 18.1 Å². The molecule has 3 aromatic heterocycles. The Morgan fingerprint density at radius 3 is 3.03 bits per heavy atom. The monoisotopic (exact) mass is 444 g/mol. The van der Waals surface area contributed by atoms with Crippen molar-refractivity contribution in [3.05, 3.63) is 71.2 Å². The van der Waals surface area contributed by atoms with E-state index in [0.717, 1.165) is 17.0 Å². The first-order chi connectivity index (χ1) is 16.0. The number of imidazole rings is 1. The average Bonchev–Trinajstić information content (AvgIpc) is 3.55. The molecule has 1 aliphatic heterocycles. The molecular weight excluding hydrogens is 423 g/mol. The van der Waals surface area contributed by atoms with Crippen LogP contribution in [0.3, 0.4) is 0 Å². The van der Waals surface area contributed by atoms with Crippen molar-refractivity contribution >= 4 is 23.1 Å². The van der Waals surface area contributed by atoms with E-state index < -0.39 is 0 Å². The summed E-state index contributed by atoms with van der Waals surface area (Å²) in [6.45, 7) is 12.1. The largest absolute Gasteiger partial charge is 0.493 e. The number of benzene rings is 1. The molecule has 9 nitrogen and oxygen atoms in total. The van der Waals surface area contributed by atoms with Crippen molar-refractivity contribution in [3.8, 4) is 17.0 Å².